The van der Waals surface area contributed by atoms with Crippen molar-refractivity contribution < 1.29 is 9.53 Å². The summed E-state index contributed by atoms with van der Waals surface area (Å²) < 4.78 is 7.01. The number of para-hydroxylation sites is 1. The largest absolute Gasteiger partial charge is 0.493 e. The number of aromatic nitrogens is 1. The van der Waals surface area contributed by atoms with Crippen LogP contribution in [0.25, 0.3) is 0 Å². The molecule has 0 aliphatic heterocycles. The molecule has 6 heteroatoms. The highest BCUT2D eigenvalue weighted by molar-refractivity contribution is 6.31. The van der Waals surface area contributed by atoms with Gasteiger partial charge in [0.05, 0.1) is 24.4 Å². The molecule has 0 saturated heterocycles. The lowest BCUT2D eigenvalue weighted by molar-refractivity contribution is 0.102. The molecule has 3 aromatic rings. The third kappa shape index (κ3) is 4.57. The van der Waals surface area contributed by atoms with Gasteiger partial charge in [-0.3, -0.25) is 9.59 Å². The number of anilines is 1. The molecule has 0 unspecified atom stereocenters. The molecule has 0 saturated carbocycles. The summed E-state index contributed by atoms with van der Waals surface area (Å²) in [6.07, 6.45) is 1.60. The van der Waals surface area contributed by atoms with Crippen molar-refractivity contribution in [1.82, 2.24) is 4.57 Å². The quantitative estimate of drug-likeness (QED) is 0.695. The standard InChI is InChI=1S/C21H19ClN2O3/c1-2-27-19-10-6-4-8-17(19)21(26)23-16-11-12-20(25)24(14-16)13-15-7-3-5-9-18(15)22/h3-12,14H,2,13H2,1H3,(H,23,26). The molecular weight excluding hydrogens is 364 g/mol. The van der Waals surface area contributed by atoms with Gasteiger partial charge in [0, 0.05) is 17.3 Å². The maximum absolute atomic E-state index is 12.6. The minimum atomic E-state index is -0.304. The zero-order valence-electron chi connectivity index (χ0n) is 14.8. The fourth-order valence-electron chi connectivity index (χ4n) is 2.67. The van der Waals surface area contributed by atoms with E-state index < -0.39 is 0 Å². The first-order valence-corrected chi connectivity index (χ1v) is 8.93. The van der Waals surface area contributed by atoms with Crippen molar-refractivity contribution in [3.05, 3.63) is 93.4 Å². The molecule has 0 radical (unpaired) electrons. The molecule has 2 aromatic carbocycles. The number of carbonyl (C=O) groups is 1. The van der Waals surface area contributed by atoms with E-state index in [2.05, 4.69) is 5.32 Å². The molecule has 5 nitrogen and oxygen atoms in total. The number of halogens is 1. The summed E-state index contributed by atoms with van der Waals surface area (Å²) in [4.78, 5) is 24.8. The van der Waals surface area contributed by atoms with Crippen LogP contribution in [0.1, 0.15) is 22.8 Å². The normalized spacial score (nSPS) is 10.4. The van der Waals surface area contributed by atoms with Gasteiger partial charge in [-0.15, -0.1) is 0 Å². The van der Waals surface area contributed by atoms with Crippen molar-refractivity contribution in [3.8, 4) is 5.75 Å². The Morgan fingerprint density at radius 2 is 1.81 bits per heavy atom. The average Bonchev–Trinajstić information content (AvgIpc) is 2.67. The molecule has 0 aliphatic rings. The van der Waals surface area contributed by atoms with Crippen LogP contribution >= 0.6 is 11.6 Å². The van der Waals surface area contributed by atoms with Crippen molar-refractivity contribution in [2.75, 3.05) is 11.9 Å². The lowest BCUT2D eigenvalue weighted by Gasteiger charge is -2.12. The Morgan fingerprint density at radius 1 is 1.07 bits per heavy atom. The molecule has 0 aliphatic carbocycles. The molecule has 0 bridgehead atoms. The second-order valence-electron chi connectivity index (χ2n) is 5.86. The maximum atomic E-state index is 12.6. The number of carbonyl (C=O) groups excluding carboxylic acids is 1. The van der Waals surface area contributed by atoms with Crippen molar-refractivity contribution in [2.24, 2.45) is 0 Å². The first kappa shape index (κ1) is 18.7. The Balaban J connectivity index is 1.83. The fourth-order valence-corrected chi connectivity index (χ4v) is 2.87. The van der Waals surface area contributed by atoms with Crippen LogP contribution in [-0.4, -0.2) is 17.1 Å². The zero-order valence-corrected chi connectivity index (χ0v) is 15.6. The average molecular weight is 383 g/mol. The van der Waals surface area contributed by atoms with Gasteiger partial charge in [-0.25, -0.2) is 0 Å². The minimum Gasteiger partial charge on any atom is -0.493 e. The molecule has 0 atom stereocenters. The van der Waals surface area contributed by atoms with E-state index >= 15 is 0 Å². The van der Waals surface area contributed by atoms with E-state index in [1.54, 1.807) is 36.5 Å². The second-order valence-corrected chi connectivity index (χ2v) is 6.27. The lowest BCUT2D eigenvalue weighted by Crippen LogP contribution is -2.21. The molecule has 3 rings (SSSR count). The van der Waals surface area contributed by atoms with Crippen LogP contribution in [0.5, 0.6) is 5.75 Å². The van der Waals surface area contributed by atoms with Crippen molar-refractivity contribution >= 4 is 23.2 Å². The number of rotatable bonds is 6. The van der Waals surface area contributed by atoms with Gasteiger partial charge in [-0.1, -0.05) is 41.9 Å². The Labute approximate surface area is 162 Å². The molecule has 138 valence electrons. The third-order valence-electron chi connectivity index (χ3n) is 3.97. The van der Waals surface area contributed by atoms with Crippen LogP contribution in [0.2, 0.25) is 5.02 Å². The molecule has 27 heavy (non-hydrogen) atoms. The Bertz CT molecular complexity index is 1010. The van der Waals surface area contributed by atoms with Gasteiger partial charge in [-0.2, -0.15) is 0 Å². The highest BCUT2D eigenvalue weighted by atomic mass is 35.5. The van der Waals surface area contributed by atoms with Crippen LogP contribution in [0.15, 0.2) is 71.7 Å². The summed E-state index contributed by atoms with van der Waals surface area (Å²) >= 11 is 6.18. The van der Waals surface area contributed by atoms with E-state index in [4.69, 9.17) is 16.3 Å². The van der Waals surface area contributed by atoms with Crippen LogP contribution in [0.3, 0.4) is 0 Å². The van der Waals surface area contributed by atoms with Gasteiger partial charge in [0.25, 0.3) is 11.5 Å². The first-order valence-electron chi connectivity index (χ1n) is 8.55. The summed E-state index contributed by atoms with van der Waals surface area (Å²) in [6, 6.07) is 17.4. The summed E-state index contributed by atoms with van der Waals surface area (Å²) in [5.74, 6) is 0.212. The Kier molecular flexibility index (Phi) is 5.94. The number of nitrogens with one attached hydrogen (secondary N) is 1. The van der Waals surface area contributed by atoms with E-state index in [1.807, 2.05) is 31.2 Å². The number of benzene rings is 2. The van der Waals surface area contributed by atoms with Gasteiger partial charge in [0.1, 0.15) is 5.75 Å². The van der Waals surface area contributed by atoms with Crippen LogP contribution in [0.4, 0.5) is 5.69 Å². The van der Waals surface area contributed by atoms with Gasteiger partial charge in [0.2, 0.25) is 0 Å². The van der Waals surface area contributed by atoms with Gasteiger partial charge < -0.3 is 14.6 Å². The number of ether oxygens (including phenoxy) is 1. The second kappa shape index (κ2) is 8.56. The molecule has 0 spiro atoms. The summed E-state index contributed by atoms with van der Waals surface area (Å²) in [5.41, 5.74) is 1.59. The van der Waals surface area contributed by atoms with E-state index in [-0.39, 0.29) is 11.5 Å². The van der Waals surface area contributed by atoms with Crippen LogP contribution < -0.4 is 15.6 Å². The number of pyridine rings is 1. The SMILES string of the molecule is CCOc1ccccc1C(=O)Nc1ccc(=O)n(Cc2ccccc2Cl)c1. The molecule has 0 fully saturated rings. The van der Waals surface area contributed by atoms with Crippen molar-refractivity contribution in [3.63, 3.8) is 0 Å². The molecule has 1 aromatic heterocycles. The van der Waals surface area contributed by atoms with Gasteiger partial charge in [0.15, 0.2) is 0 Å². The Morgan fingerprint density at radius 3 is 2.59 bits per heavy atom. The number of amides is 1. The fraction of sp³-hybridized carbons (Fsp3) is 0.143. The lowest BCUT2D eigenvalue weighted by atomic mass is 10.2. The Hall–Kier alpha value is -3.05. The van der Waals surface area contributed by atoms with E-state index in [0.717, 1.165) is 5.56 Å². The van der Waals surface area contributed by atoms with E-state index in [1.165, 1.54) is 10.6 Å². The predicted octanol–water partition coefficient (Wildman–Crippen LogP) is 4.20. The van der Waals surface area contributed by atoms with Crippen LogP contribution in [-0.2, 0) is 6.54 Å². The monoisotopic (exact) mass is 382 g/mol. The summed E-state index contributed by atoms with van der Waals surface area (Å²) in [7, 11) is 0. The minimum absolute atomic E-state index is 0.178. The third-order valence-corrected chi connectivity index (χ3v) is 4.34. The molecule has 1 N–H and O–H groups in total. The molecule has 1 amide bonds. The smallest absolute Gasteiger partial charge is 0.259 e. The molecular formula is C21H19ClN2O3. The first-order chi connectivity index (χ1) is 13.1. The highest BCUT2D eigenvalue weighted by Gasteiger charge is 2.13. The number of hydrogen-bond acceptors (Lipinski definition) is 3. The zero-order chi connectivity index (χ0) is 19.2. The van der Waals surface area contributed by atoms with E-state index in [9.17, 15) is 9.59 Å². The topological polar surface area (TPSA) is 60.3 Å². The predicted molar refractivity (Wildman–Crippen MR) is 107 cm³/mol. The van der Waals surface area contributed by atoms with Crippen molar-refractivity contribution in [1.29, 1.82) is 0 Å². The van der Waals surface area contributed by atoms with Crippen LogP contribution in [0, 0.1) is 0 Å². The van der Waals surface area contributed by atoms with Gasteiger partial charge >= 0.3 is 0 Å². The summed E-state index contributed by atoms with van der Waals surface area (Å²) in [5, 5.41) is 3.40. The van der Waals surface area contributed by atoms with Gasteiger partial charge in [-0.05, 0) is 36.8 Å². The van der Waals surface area contributed by atoms with E-state index in [0.29, 0.717) is 35.2 Å². The van der Waals surface area contributed by atoms with Crippen molar-refractivity contribution in [2.45, 2.75) is 13.5 Å². The molecule has 1 heterocycles. The number of nitrogens with zero attached hydrogens (tertiary/aromatic N) is 1. The maximum Gasteiger partial charge on any atom is 0.259 e. The number of hydrogen-bond donors (Lipinski definition) is 1. The summed E-state index contributed by atoms with van der Waals surface area (Å²) in [6.45, 7) is 2.64. The highest BCUT2D eigenvalue weighted by Crippen LogP contribution is 2.20.